The molecule has 0 saturated carbocycles. The van der Waals surface area contributed by atoms with E-state index in [9.17, 15) is 9.59 Å². The Kier molecular flexibility index (Phi) is 5.78. The van der Waals surface area contributed by atoms with Gasteiger partial charge in [0.1, 0.15) is 0 Å². The third-order valence-electron chi connectivity index (χ3n) is 4.11. The lowest BCUT2D eigenvalue weighted by molar-refractivity contribution is -0.140. The Morgan fingerprint density at radius 3 is 2.62 bits per heavy atom. The van der Waals surface area contributed by atoms with Crippen LogP contribution in [0, 0.1) is 0 Å². The lowest BCUT2D eigenvalue weighted by atomic mass is 9.97. The van der Waals surface area contributed by atoms with Crippen LogP contribution in [0.25, 0.3) is 0 Å². The largest absolute Gasteiger partial charge is 0.481 e. The van der Waals surface area contributed by atoms with Gasteiger partial charge in [0.25, 0.3) is 0 Å². The van der Waals surface area contributed by atoms with Crippen LogP contribution in [0.15, 0.2) is 30.3 Å². The zero-order valence-corrected chi connectivity index (χ0v) is 12.3. The lowest BCUT2D eigenvalue weighted by Crippen LogP contribution is -2.44. The molecule has 1 aromatic rings. The third kappa shape index (κ3) is 4.88. The number of aryl methyl sites for hydroxylation is 1. The van der Waals surface area contributed by atoms with Gasteiger partial charge in [-0.05, 0) is 37.7 Å². The molecule has 1 aliphatic rings. The van der Waals surface area contributed by atoms with Gasteiger partial charge in [-0.15, -0.1) is 0 Å². The first kappa shape index (κ1) is 15.5. The van der Waals surface area contributed by atoms with Crippen LogP contribution in [0.3, 0.4) is 0 Å². The van der Waals surface area contributed by atoms with Gasteiger partial charge < -0.3 is 10.0 Å². The molecule has 0 aliphatic carbocycles. The number of aliphatic carboxylic acids is 1. The molecule has 1 heterocycles. The van der Waals surface area contributed by atoms with Crippen LogP contribution in [-0.2, 0) is 16.0 Å². The van der Waals surface area contributed by atoms with Crippen molar-refractivity contribution in [3.8, 4) is 0 Å². The van der Waals surface area contributed by atoms with Crippen molar-refractivity contribution < 1.29 is 14.7 Å². The van der Waals surface area contributed by atoms with E-state index in [1.165, 1.54) is 5.56 Å². The van der Waals surface area contributed by atoms with Gasteiger partial charge in [-0.1, -0.05) is 30.3 Å². The fourth-order valence-corrected chi connectivity index (χ4v) is 2.96. The maximum absolute atomic E-state index is 12.4. The Bertz CT molecular complexity index is 472. The second kappa shape index (κ2) is 7.81. The second-order valence-electron chi connectivity index (χ2n) is 5.65. The van der Waals surface area contributed by atoms with E-state index >= 15 is 0 Å². The molecule has 1 atom stereocenters. The topological polar surface area (TPSA) is 57.6 Å². The normalized spacial score (nSPS) is 18.5. The summed E-state index contributed by atoms with van der Waals surface area (Å²) in [6, 6.07) is 10.1. The van der Waals surface area contributed by atoms with Crippen LogP contribution >= 0.6 is 0 Å². The molecule has 1 unspecified atom stereocenters. The molecule has 1 aromatic carbocycles. The van der Waals surface area contributed by atoms with E-state index in [0.29, 0.717) is 12.8 Å². The number of carbonyl (C=O) groups is 2. The van der Waals surface area contributed by atoms with Gasteiger partial charge in [0.2, 0.25) is 5.91 Å². The number of likely N-dealkylation sites (tertiary alicyclic amines) is 1. The SMILES string of the molecule is O=C(O)CCC1CCCCN1C(=O)CCc1ccccc1. The second-order valence-corrected chi connectivity index (χ2v) is 5.65. The van der Waals surface area contributed by atoms with E-state index in [1.54, 1.807) is 0 Å². The Morgan fingerprint density at radius 1 is 1.14 bits per heavy atom. The van der Waals surface area contributed by atoms with Crippen LogP contribution in [0.2, 0.25) is 0 Å². The summed E-state index contributed by atoms with van der Waals surface area (Å²) in [4.78, 5) is 25.0. The summed E-state index contributed by atoms with van der Waals surface area (Å²) in [7, 11) is 0. The molecule has 0 bridgehead atoms. The highest BCUT2D eigenvalue weighted by Gasteiger charge is 2.26. The molecule has 1 aliphatic heterocycles. The smallest absolute Gasteiger partial charge is 0.303 e. The monoisotopic (exact) mass is 289 g/mol. The van der Waals surface area contributed by atoms with Crippen molar-refractivity contribution in [1.82, 2.24) is 4.90 Å². The maximum Gasteiger partial charge on any atom is 0.303 e. The summed E-state index contributed by atoms with van der Waals surface area (Å²) < 4.78 is 0. The Labute approximate surface area is 125 Å². The van der Waals surface area contributed by atoms with Crippen molar-refractivity contribution in [1.29, 1.82) is 0 Å². The van der Waals surface area contributed by atoms with Crippen LogP contribution in [0.1, 0.15) is 44.1 Å². The first-order chi connectivity index (χ1) is 10.2. The molecule has 0 aromatic heterocycles. The van der Waals surface area contributed by atoms with E-state index in [2.05, 4.69) is 0 Å². The van der Waals surface area contributed by atoms with E-state index in [-0.39, 0.29) is 18.4 Å². The minimum atomic E-state index is -0.780. The molecule has 21 heavy (non-hydrogen) atoms. The van der Waals surface area contributed by atoms with Crippen molar-refractivity contribution in [3.05, 3.63) is 35.9 Å². The van der Waals surface area contributed by atoms with Gasteiger partial charge in [-0.3, -0.25) is 9.59 Å². The standard InChI is InChI=1S/C17H23NO3/c19-16(11-9-14-6-2-1-3-7-14)18-13-5-4-8-15(18)10-12-17(20)21/h1-3,6-7,15H,4-5,8-13H2,(H,20,21). The average Bonchev–Trinajstić information content (AvgIpc) is 2.52. The molecular formula is C17H23NO3. The van der Waals surface area contributed by atoms with Crippen LogP contribution in [-0.4, -0.2) is 34.5 Å². The van der Waals surface area contributed by atoms with E-state index < -0.39 is 5.97 Å². The predicted octanol–water partition coefficient (Wildman–Crippen LogP) is 2.87. The molecule has 1 saturated heterocycles. The highest BCUT2D eigenvalue weighted by molar-refractivity contribution is 5.77. The van der Waals surface area contributed by atoms with Crippen LogP contribution in [0.5, 0.6) is 0 Å². The van der Waals surface area contributed by atoms with Gasteiger partial charge in [-0.25, -0.2) is 0 Å². The number of carbonyl (C=O) groups excluding carboxylic acids is 1. The molecule has 2 rings (SSSR count). The minimum absolute atomic E-state index is 0.109. The van der Waals surface area contributed by atoms with Crippen molar-refractivity contribution in [2.45, 2.75) is 51.0 Å². The number of hydrogen-bond donors (Lipinski definition) is 1. The Morgan fingerprint density at radius 2 is 1.90 bits per heavy atom. The Balaban J connectivity index is 1.87. The van der Waals surface area contributed by atoms with Crippen molar-refractivity contribution in [2.24, 2.45) is 0 Å². The number of piperidine rings is 1. The van der Waals surface area contributed by atoms with Crippen LogP contribution in [0.4, 0.5) is 0 Å². The van der Waals surface area contributed by atoms with Crippen molar-refractivity contribution >= 4 is 11.9 Å². The molecule has 4 nitrogen and oxygen atoms in total. The summed E-state index contributed by atoms with van der Waals surface area (Å²) in [6.45, 7) is 0.776. The highest BCUT2D eigenvalue weighted by Crippen LogP contribution is 2.22. The first-order valence-electron chi connectivity index (χ1n) is 7.72. The Hall–Kier alpha value is -1.84. The fourth-order valence-electron chi connectivity index (χ4n) is 2.96. The van der Waals surface area contributed by atoms with E-state index in [1.807, 2.05) is 35.2 Å². The van der Waals surface area contributed by atoms with E-state index in [0.717, 1.165) is 32.2 Å². The molecule has 4 heteroatoms. The molecule has 1 amide bonds. The number of carboxylic acid groups (broad SMARTS) is 1. The van der Waals surface area contributed by atoms with Gasteiger partial charge >= 0.3 is 5.97 Å². The quantitative estimate of drug-likeness (QED) is 0.876. The molecule has 0 radical (unpaired) electrons. The van der Waals surface area contributed by atoms with Gasteiger partial charge in [0.15, 0.2) is 0 Å². The summed E-state index contributed by atoms with van der Waals surface area (Å²) in [5.74, 6) is -0.619. The zero-order valence-electron chi connectivity index (χ0n) is 12.3. The van der Waals surface area contributed by atoms with Gasteiger partial charge in [0.05, 0.1) is 0 Å². The van der Waals surface area contributed by atoms with Gasteiger partial charge in [0, 0.05) is 25.4 Å². The number of nitrogens with zero attached hydrogens (tertiary/aromatic N) is 1. The number of rotatable bonds is 6. The highest BCUT2D eigenvalue weighted by atomic mass is 16.4. The number of hydrogen-bond acceptors (Lipinski definition) is 2. The van der Waals surface area contributed by atoms with E-state index in [4.69, 9.17) is 5.11 Å². The summed E-state index contributed by atoms with van der Waals surface area (Å²) in [6.07, 6.45) is 5.03. The van der Waals surface area contributed by atoms with Crippen molar-refractivity contribution in [2.75, 3.05) is 6.54 Å². The zero-order chi connectivity index (χ0) is 15.1. The number of carboxylic acids is 1. The molecule has 0 spiro atoms. The average molecular weight is 289 g/mol. The maximum atomic E-state index is 12.4. The lowest BCUT2D eigenvalue weighted by Gasteiger charge is -2.35. The fraction of sp³-hybridized carbons (Fsp3) is 0.529. The number of amides is 1. The summed E-state index contributed by atoms with van der Waals surface area (Å²) in [5.41, 5.74) is 1.17. The minimum Gasteiger partial charge on any atom is -0.481 e. The predicted molar refractivity (Wildman–Crippen MR) is 81.0 cm³/mol. The molecule has 1 fully saturated rings. The first-order valence-corrected chi connectivity index (χ1v) is 7.72. The van der Waals surface area contributed by atoms with Crippen LogP contribution < -0.4 is 0 Å². The van der Waals surface area contributed by atoms with Crippen molar-refractivity contribution in [3.63, 3.8) is 0 Å². The number of benzene rings is 1. The summed E-state index contributed by atoms with van der Waals surface area (Å²) in [5, 5.41) is 8.82. The third-order valence-corrected chi connectivity index (χ3v) is 4.11. The summed E-state index contributed by atoms with van der Waals surface area (Å²) >= 11 is 0. The van der Waals surface area contributed by atoms with Gasteiger partial charge in [-0.2, -0.15) is 0 Å². The molecular weight excluding hydrogens is 266 g/mol. The molecule has 1 N–H and O–H groups in total. The molecule has 114 valence electrons.